The summed E-state index contributed by atoms with van der Waals surface area (Å²) in [5.41, 5.74) is 0.745. The van der Waals surface area contributed by atoms with Crippen LogP contribution in [0.1, 0.15) is 37.3 Å². The third-order valence-corrected chi connectivity index (χ3v) is 3.66. The van der Waals surface area contributed by atoms with E-state index in [0.29, 0.717) is 12.8 Å². The number of hydrogen-bond donors (Lipinski definition) is 2. The Labute approximate surface area is 120 Å². The van der Waals surface area contributed by atoms with E-state index < -0.39 is 37.1 Å². The molecule has 118 valence electrons. The van der Waals surface area contributed by atoms with Gasteiger partial charge in [0.2, 0.25) is 5.91 Å². The van der Waals surface area contributed by atoms with Gasteiger partial charge in [-0.3, -0.25) is 9.48 Å². The van der Waals surface area contributed by atoms with Gasteiger partial charge in [0.05, 0.1) is 24.8 Å². The summed E-state index contributed by atoms with van der Waals surface area (Å²) in [6.07, 6.45) is -2.10. The topological polar surface area (TPSA) is 67.2 Å². The number of rotatable bonds is 5. The highest BCUT2D eigenvalue weighted by molar-refractivity contribution is 5.76. The lowest BCUT2D eigenvalue weighted by Gasteiger charge is -2.37. The van der Waals surface area contributed by atoms with Crippen molar-refractivity contribution in [3.8, 4) is 0 Å². The molecule has 2 rings (SSSR count). The number of halogens is 3. The lowest BCUT2D eigenvalue weighted by atomic mass is 9.75. The van der Waals surface area contributed by atoms with E-state index in [4.69, 9.17) is 0 Å². The molecule has 0 aromatic carbocycles. The summed E-state index contributed by atoms with van der Waals surface area (Å²) in [4.78, 5) is 11.7. The highest BCUT2D eigenvalue weighted by Gasteiger charge is 2.36. The number of aliphatic hydroxyl groups excluding tert-OH is 1. The molecule has 8 heteroatoms. The van der Waals surface area contributed by atoms with Crippen LogP contribution in [0, 0.1) is 5.92 Å². The van der Waals surface area contributed by atoms with E-state index in [2.05, 4.69) is 10.4 Å². The second-order valence-electron chi connectivity index (χ2n) is 5.49. The second-order valence-corrected chi connectivity index (χ2v) is 5.49. The first kappa shape index (κ1) is 15.8. The average Bonchev–Trinajstić information content (AvgIpc) is 2.76. The molecule has 1 fully saturated rings. The van der Waals surface area contributed by atoms with Crippen LogP contribution in [-0.2, 0) is 11.8 Å². The zero-order valence-corrected chi connectivity index (χ0v) is 11.6. The number of carbonyl (C=O) groups is 1. The van der Waals surface area contributed by atoms with Crippen molar-refractivity contribution in [1.29, 1.82) is 0 Å². The Morgan fingerprint density at radius 2 is 2.24 bits per heavy atom. The fourth-order valence-corrected chi connectivity index (χ4v) is 2.48. The number of carbonyl (C=O) groups excluding carboxylic acids is 1. The number of hydrogen-bond acceptors (Lipinski definition) is 3. The van der Waals surface area contributed by atoms with Gasteiger partial charge in [-0.2, -0.15) is 18.3 Å². The van der Waals surface area contributed by atoms with Crippen molar-refractivity contribution in [2.45, 2.75) is 44.0 Å². The van der Waals surface area contributed by atoms with Crippen molar-refractivity contribution >= 4 is 5.91 Å². The maximum atomic E-state index is 12.1. The van der Waals surface area contributed by atoms with Gasteiger partial charge in [0.15, 0.2) is 0 Å². The fourth-order valence-electron chi connectivity index (χ4n) is 2.48. The number of amides is 1. The minimum Gasteiger partial charge on any atom is -0.393 e. The Morgan fingerprint density at radius 1 is 1.57 bits per heavy atom. The molecular formula is C13H18F3N3O2. The van der Waals surface area contributed by atoms with Crippen LogP contribution in [0.5, 0.6) is 0 Å². The van der Waals surface area contributed by atoms with Crippen LogP contribution in [0.15, 0.2) is 12.4 Å². The molecule has 1 aromatic rings. The zero-order valence-electron chi connectivity index (χ0n) is 11.6. The van der Waals surface area contributed by atoms with Crippen LogP contribution in [0.4, 0.5) is 13.2 Å². The molecule has 1 aromatic heterocycles. The molecule has 0 aliphatic heterocycles. The van der Waals surface area contributed by atoms with Gasteiger partial charge >= 0.3 is 6.18 Å². The van der Waals surface area contributed by atoms with Crippen LogP contribution in [-0.4, -0.2) is 33.1 Å². The van der Waals surface area contributed by atoms with Gasteiger partial charge in [0, 0.05) is 25.2 Å². The van der Waals surface area contributed by atoms with Gasteiger partial charge in [0.1, 0.15) is 0 Å². The third kappa shape index (κ3) is 4.45. The molecule has 1 heterocycles. The molecule has 1 aliphatic rings. The van der Waals surface area contributed by atoms with Crippen LogP contribution < -0.4 is 5.32 Å². The summed E-state index contributed by atoms with van der Waals surface area (Å²) in [5.74, 6) is -0.610. The Hall–Kier alpha value is -1.57. The normalized spacial score (nSPS) is 23.5. The van der Waals surface area contributed by atoms with Gasteiger partial charge in [-0.05, 0) is 18.8 Å². The quantitative estimate of drug-likeness (QED) is 0.870. The molecular weight excluding hydrogens is 287 g/mol. The Kier molecular flexibility index (Phi) is 4.55. The predicted molar refractivity (Wildman–Crippen MR) is 68.1 cm³/mol. The lowest BCUT2D eigenvalue weighted by Crippen LogP contribution is -2.41. The number of alkyl halides is 3. The molecule has 5 nitrogen and oxygen atoms in total. The lowest BCUT2D eigenvalue weighted by molar-refractivity contribution is -0.144. The number of nitrogens with zero attached hydrogens (tertiary/aromatic N) is 2. The summed E-state index contributed by atoms with van der Waals surface area (Å²) in [5, 5.41) is 16.0. The van der Waals surface area contributed by atoms with Gasteiger partial charge < -0.3 is 10.4 Å². The van der Waals surface area contributed by atoms with E-state index >= 15 is 0 Å². The van der Waals surface area contributed by atoms with Crippen molar-refractivity contribution in [2.75, 3.05) is 0 Å². The summed E-state index contributed by atoms with van der Waals surface area (Å²) in [6, 6.07) is -0.400. The second kappa shape index (κ2) is 6.05. The third-order valence-electron chi connectivity index (χ3n) is 3.66. The van der Waals surface area contributed by atoms with E-state index in [9.17, 15) is 23.1 Å². The zero-order chi connectivity index (χ0) is 15.6. The van der Waals surface area contributed by atoms with E-state index in [1.165, 1.54) is 0 Å². The standard InChI is InChI=1S/C13H18F3N3O2/c1-19-7-9(6-17-19)12(8-4-10(20)5-8)18-11(21)2-3-13(14,15)16/h6-8,10,12,20H,2-5H2,1H3,(H,18,21)/t8?,10?,12-/m1/s1. The Bertz CT molecular complexity index is 495. The van der Waals surface area contributed by atoms with E-state index in [-0.39, 0.29) is 5.92 Å². The number of aryl methyl sites for hydroxylation is 1. The molecule has 1 aliphatic carbocycles. The highest BCUT2D eigenvalue weighted by Crippen LogP contribution is 2.38. The molecule has 21 heavy (non-hydrogen) atoms. The van der Waals surface area contributed by atoms with Crippen LogP contribution in [0.25, 0.3) is 0 Å². The first-order valence-electron chi connectivity index (χ1n) is 6.77. The summed E-state index contributed by atoms with van der Waals surface area (Å²) < 4.78 is 38.0. The summed E-state index contributed by atoms with van der Waals surface area (Å²) in [7, 11) is 1.72. The maximum Gasteiger partial charge on any atom is 0.389 e. The molecule has 1 saturated carbocycles. The molecule has 0 unspecified atom stereocenters. The molecule has 0 bridgehead atoms. The van der Waals surface area contributed by atoms with Crippen molar-refractivity contribution in [3.63, 3.8) is 0 Å². The Balaban J connectivity index is 1.98. The van der Waals surface area contributed by atoms with Gasteiger partial charge in [0.25, 0.3) is 0 Å². The van der Waals surface area contributed by atoms with Crippen LogP contribution in [0.3, 0.4) is 0 Å². The molecule has 0 spiro atoms. The number of aliphatic hydroxyl groups is 1. The average molecular weight is 305 g/mol. The van der Waals surface area contributed by atoms with Gasteiger partial charge in [-0.25, -0.2) is 0 Å². The van der Waals surface area contributed by atoms with Gasteiger partial charge in [-0.15, -0.1) is 0 Å². The molecule has 1 amide bonds. The first-order chi connectivity index (χ1) is 9.74. The van der Waals surface area contributed by atoms with Crippen molar-refractivity contribution in [3.05, 3.63) is 18.0 Å². The minimum atomic E-state index is -4.34. The monoisotopic (exact) mass is 305 g/mol. The number of aromatic nitrogens is 2. The maximum absolute atomic E-state index is 12.1. The van der Waals surface area contributed by atoms with Crippen LogP contribution in [0.2, 0.25) is 0 Å². The van der Waals surface area contributed by atoms with Gasteiger partial charge in [-0.1, -0.05) is 0 Å². The Morgan fingerprint density at radius 3 is 2.71 bits per heavy atom. The predicted octanol–water partition coefficient (Wildman–Crippen LogP) is 1.69. The SMILES string of the molecule is Cn1cc([C@H](NC(=O)CCC(F)(F)F)C2CC(O)C2)cn1. The molecule has 1 atom stereocenters. The molecule has 0 saturated heterocycles. The highest BCUT2D eigenvalue weighted by atomic mass is 19.4. The van der Waals surface area contributed by atoms with Crippen LogP contribution >= 0.6 is 0 Å². The van der Waals surface area contributed by atoms with E-state index in [1.807, 2.05) is 0 Å². The van der Waals surface area contributed by atoms with Crippen molar-refractivity contribution in [1.82, 2.24) is 15.1 Å². The number of nitrogens with one attached hydrogen (secondary N) is 1. The smallest absolute Gasteiger partial charge is 0.389 e. The fraction of sp³-hybridized carbons (Fsp3) is 0.692. The summed E-state index contributed by atoms with van der Waals surface area (Å²) in [6.45, 7) is 0. The molecule has 2 N–H and O–H groups in total. The minimum absolute atomic E-state index is 0.0269. The summed E-state index contributed by atoms with van der Waals surface area (Å²) >= 11 is 0. The van der Waals surface area contributed by atoms with Crippen molar-refractivity contribution in [2.24, 2.45) is 13.0 Å². The van der Waals surface area contributed by atoms with Crippen molar-refractivity contribution < 1.29 is 23.1 Å². The van der Waals surface area contributed by atoms with E-state index in [0.717, 1.165) is 5.56 Å². The molecule has 0 radical (unpaired) electrons. The van der Waals surface area contributed by atoms with E-state index in [1.54, 1.807) is 24.1 Å². The first-order valence-corrected chi connectivity index (χ1v) is 6.77. The largest absolute Gasteiger partial charge is 0.393 e.